The second-order valence-electron chi connectivity index (χ2n) is 6.28. The molecule has 0 aliphatic heterocycles. The third kappa shape index (κ3) is 8.57. The predicted octanol–water partition coefficient (Wildman–Crippen LogP) is -1.24. The van der Waals surface area contributed by atoms with Crippen LogP contribution in [-0.4, -0.2) is 80.1 Å². The predicted molar refractivity (Wildman–Crippen MR) is 102 cm³/mol. The van der Waals surface area contributed by atoms with Crippen molar-refractivity contribution in [3.05, 3.63) is 0 Å². The fourth-order valence-electron chi connectivity index (χ4n) is 2.42. The second kappa shape index (κ2) is 14.7. The van der Waals surface area contributed by atoms with Crippen LogP contribution in [0.2, 0.25) is 0 Å². The summed E-state index contributed by atoms with van der Waals surface area (Å²) < 4.78 is 4.55. The molecule has 0 fully saturated rings. The number of carbonyl (C=O) groups is 5. The highest BCUT2D eigenvalue weighted by atomic mass is 16.5. The minimum absolute atomic E-state index is 0.321. The number of carbonyl (C=O) groups excluding carboxylic acids is 5. The van der Waals surface area contributed by atoms with Crippen LogP contribution in [0.4, 0.5) is 0 Å². The van der Waals surface area contributed by atoms with Crippen molar-refractivity contribution in [3.8, 4) is 0 Å². The first-order valence-electron chi connectivity index (χ1n) is 9.42. The first-order valence-corrected chi connectivity index (χ1v) is 9.42. The van der Waals surface area contributed by atoms with Gasteiger partial charge in [-0.1, -0.05) is 26.7 Å². The molecule has 0 saturated carbocycles. The van der Waals surface area contributed by atoms with Gasteiger partial charge in [-0.25, -0.2) is 0 Å². The van der Waals surface area contributed by atoms with Crippen LogP contribution in [-0.2, 0) is 28.7 Å². The van der Waals surface area contributed by atoms with E-state index >= 15 is 0 Å². The van der Waals surface area contributed by atoms with Crippen molar-refractivity contribution in [2.24, 2.45) is 5.73 Å². The Morgan fingerprint density at radius 3 is 1.71 bits per heavy atom. The Labute approximate surface area is 165 Å². The fraction of sp³-hybridized carbons (Fsp3) is 0.722. The molecule has 0 spiro atoms. The lowest BCUT2D eigenvalue weighted by molar-refractivity contribution is -0.146. The minimum atomic E-state index is -1.46. The number of nitrogens with zero attached hydrogens (tertiary/aromatic N) is 1. The number of nitrogens with one attached hydrogen (secondary N) is 2. The normalized spacial score (nSPS) is 13.9. The number of aldehydes is 2. The van der Waals surface area contributed by atoms with Crippen molar-refractivity contribution < 1.29 is 28.7 Å². The van der Waals surface area contributed by atoms with Gasteiger partial charge in [-0.15, -0.1) is 0 Å². The van der Waals surface area contributed by atoms with Crippen LogP contribution in [0.5, 0.6) is 0 Å². The van der Waals surface area contributed by atoms with Crippen LogP contribution < -0.4 is 16.4 Å². The average molecular weight is 400 g/mol. The Kier molecular flexibility index (Phi) is 13.5. The molecule has 0 saturated heterocycles. The van der Waals surface area contributed by atoms with E-state index in [1.54, 1.807) is 0 Å². The molecule has 10 nitrogen and oxygen atoms in total. The van der Waals surface area contributed by atoms with Crippen molar-refractivity contribution in [3.63, 3.8) is 0 Å². The highest BCUT2D eigenvalue weighted by Crippen LogP contribution is 2.07. The minimum Gasteiger partial charge on any atom is -0.468 e. The molecule has 0 aromatic carbocycles. The molecular formula is C18H32N4O6. The van der Waals surface area contributed by atoms with Crippen molar-refractivity contribution in [2.45, 2.75) is 57.7 Å². The monoisotopic (exact) mass is 400 g/mol. The van der Waals surface area contributed by atoms with E-state index in [0.29, 0.717) is 38.5 Å². The van der Waals surface area contributed by atoms with Crippen LogP contribution in [0.1, 0.15) is 39.5 Å². The van der Waals surface area contributed by atoms with Gasteiger partial charge in [-0.2, -0.15) is 0 Å². The van der Waals surface area contributed by atoms with E-state index in [4.69, 9.17) is 5.73 Å². The molecule has 0 aliphatic carbocycles. The SMILES string of the molecule is CCCCNC(=O)C(C=O)N(CC(N)C(=O)OC)C(C=O)C(=O)NCCCC. The summed E-state index contributed by atoms with van der Waals surface area (Å²) in [5.41, 5.74) is 5.75. The number of rotatable bonds is 15. The zero-order valence-electron chi connectivity index (χ0n) is 16.8. The second-order valence-corrected chi connectivity index (χ2v) is 6.28. The summed E-state index contributed by atoms with van der Waals surface area (Å²) in [4.78, 5) is 60.8. The molecule has 0 bridgehead atoms. The molecule has 0 aliphatic rings. The maximum atomic E-state index is 12.4. The largest absolute Gasteiger partial charge is 0.468 e. The summed E-state index contributed by atoms with van der Waals surface area (Å²) in [5.74, 6) is -2.14. The highest BCUT2D eigenvalue weighted by molar-refractivity contribution is 6.00. The van der Waals surface area contributed by atoms with E-state index in [9.17, 15) is 24.0 Å². The molecule has 2 amide bonds. The zero-order valence-corrected chi connectivity index (χ0v) is 16.8. The third-order valence-corrected chi connectivity index (χ3v) is 4.08. The quantitative estimate of drug-likeness (QED) is 0.134. The van der Waals surface area contributed by atoms with Crippen LogP contribution in [0, 0.1) is 0 Å². The lowest BCUT2D eigenvalue weighted by atomic mass is 10.1. The fourth-order valence-corrected chi connectivity index (χ4v) is 2.42. The summed E-state index contributed by atoms with van der Waals surface area (Å²) in [7, 11) is 1.13. The van der Waals surface area contributed by atoms with E-state index in [-0.39, 0.29) is 6.54 Å². The van der Waals surface area contributed by atoms with Gasteiger partial charge in [-0.05, 0) is 12.8 Å². The molecule has 0 radical (unpaired) electrons. The number of esters is 1. The Morgan fingerprint density at radius 2 is 1.39 bits per heavy atom. The van der Waals surface area contributed by atoms with E-state index in [2.05, 4.69) is 15.4 Å². The van der Waals surface area contributed by atoms with Gasteiger partial charge in [-0.3, -0.25) is 19.3 Å². The molecule has 0 rings (SSSR count). The van der Waals surface area contributed by atoms with Gasteiger partial charge in [0.15, 0.2) is 0 Å². The Bertz CT molecular complexity index is 494. The number of unbranched alkanes of at least 4 members (excludes halogenated alkanes) is 2. The van der Waals surface area contributed by atoms with Crippen molar-refractivity contribution in [2.75, 3.05) is 26.7 Å². The molecule has 0 heterocycles. The lowest BCUT2D eigenvalue weighted by Gasteiger charge is -2.32. The smallest absolute Gasteiger partial charge is 0.323 e. The number of nitrogens with two attached hydrogens (primary N) is 1. The highest BCUT2D eigenvalue weighted by Gasteiger charge is 2.37. The van der Waals surface area contributed by atoms with E-state index in [1.165, 1.54) is 0 Å². The standard InChI is InChI=1S/C18H32N4O6/c1-4-6-8-20-16(25)14(11-23)22(10-13(19)18(27)28-3)15(12-24)17(26)21-9-7-5-2/h11-15H,4-10,19H2,1-3H3,(H,20,25)(H,21,26). The number of ether oxygens (including phenoxy) is 1. The number of methoxy groups -OCH3 is 1. The molecule has 0 aromatic heterocycles. The Morgan fingerprint density at radius 1 is 0.964 bits per heavy atom. The summed E-state index contributed by atoms with van der Waals surface area (Å²) >= 11 is 0. The first kappa shape index (κ1) is 25.7. The average Bonchev–Trinajstić information content (AvgIpc) is 2.68. The van der Waals surface area contributed by atoms with Gasteiger partial charge in [0.25, 0.3) is 0 Å². The number of amides is 2. The van der Waals surface area contributed by atoms with Crippen LogP contribution in [0.3, 0.4) is 0 Å². The molecule has 160 valence electrons. The van der Waals surface area contributed by atoms with Gasteiger partial charge < -0.3 is 30.7 Å². The maximum Gasteiger partial charge on any atom is 0.323 e. The van der Waals surface area contributed by atoms with Gasteiger partial charge in [0.05, 0.1) is 7.11 Å². The lowest BCUT2D eigenvalue weighted by Crippen LogP contribution is -2.61. The van der Waals surface area contributed by atoms with Crippen LogP contribution >= 0.6 is 0 Å². The molecule has 10 heteroatoms. The van der Waals surface area contributed by atoms with Crippen LogP contribution in [0.15, 0.2) is 0 Å². The summed E-state index contributed by atoms with van der Waals surface area (Å²) in [6.45, 7) is 4.17. The molecule has 4 N–H and O–H groups in total. The summed E-state index contributed by atoms with van der Waals surface area (Å²) in [6.07, 6.45) is 3.71. The third-order valence-electron chi connectivity index (χ3n) is 4.08. The maximum absolute atomic E-state index is 12.4. The van der Waals surface area contributed by atoms with E-state index < -0.39 is 35.9 Å². The number of hydrogen-bond acceptors (Lipinski definition) is 8. The topological polar surface area (TPSA) is 148 Å². The van der Waals surface area contributed by atoms with Crippen molar-refractivity contribution in [1.29, 1.82) is 0 Å². The Hall–Kier alpha value is -2.33. The first-order chi connectivity index (χ1) is 13.4. The Balaban J connectivity index is 5.57. The van der Waals surface area contributed by atoms with E-state index in [1.807, 2.05) is 13.8 Å². The summed E-state index contributed by atoms with van der Waals surface area (Å²) in [5, 5.41) is 5.17. The molecule has 3 unspecified atom stereocenters. The zero-order chi connectivity index (χ0) is 21.5. The van der Waals surface area contributed by atoms with Gasteiger partial charge in [0, 0.05) is 19.6 Å². The molecule has 3 atom stereocenters. The van der Waals surface area contributed by atoms with Crippen LogP contribution in [0.25, 0.3) is 0 Å². The summed E-state index contributed by atoms with van der Waals surface area (Å²) in [6, 6.07) is -4.17. The molecule has 28 heavy (non-hydrogen) atoms. The van der Waals surface area contributed by atoms with E-state index in [0.717, 1.165) is 24.9 Å². The van der Waals surface area contributed by atoms with Gasteiger partial charge >= 0.3 is 5.97 Å². The van der Waals surface area contributed by atoms with Crippen molar-refractivity contribution >= 4 is 30.4 Å². The van der Waals surface area contributed by atoms with Gasteiger partial charge in [0.2, 0.25) is 11.8 Å². The van der Waals surface area contributed by atoms with Crippen molar-refractivity contribution in [1.82, 2.24) is 15.5 Å². The molecular weight excluding hydrogens is 368 g/mol. The number of hydrogen-bond donors (Lipinski definition) is 3. The van der Waals surface area contributed by atoms with Gasteiger partial charge in [0.1, 0.15) is 30.7 Å². The molecule has 0 aromatic rings.